The van der Waals surface area contributed by atoms with E-state index in [1.165, 1.54) is 19.3 Å². The molecule has 0 unspecified atom stereocenters. The largest absolute Gasteiger partial charge is 0.376 e. The number of ether oxygens (including phenoxy) is 1. The molecule has 2 aromatic rings. The van der Waals surface area contributed by atoms with Crippen LogP contribution in [0.3, 0.4) is 0 Å². The van der Waals surface area contributed by atoms with Gasteiger partial charge in [-0.15, -0.1) is 0 Å². The molecule has 3 aliphatic rings. The van der Waals surface area contributed by atoms with Gasteiger partial charge in [-0.2, -0.15) is 0 Å². The molecule has 0 spiro atoms. The number of carbonyl (C=O) groups is 1. The Bertz CT molecular complexity index is 1040. The van der Waals surface area contributed by atoms with Gasteiger partial charge in [-0.3, -0.25) is 9.69 Å². The zero-order chi connectivity index (χ0) is 26.5. The molecular formula is C30H45ClN4O3. The fraction of sp³-hybridized carbons (Fsp3) is 0.733. The van der Waals surface area contributed by atoms with E-state index >= 15 is 0 Å². The summed E-state index contributed by atoms with van der Waals surface area (Å²) in [7, 11) is 0. The molecule has 8 heteroatoms. The van der Waals surface area contributed by atoms with E-state index in [-0.39, 0.29) is 5.91 Å². The maximum absolute atomic E-state index is 12.7. The van der Waals surface area contributed by atoms with E-state index in [4.69, 9.17) is 20.9 Å². The second-order valence-corrected chi connectivity index (χ2v) is 12.5. The monoisotopic (exact) mass is 544 g/mol. The Labute approximate surface area is 232 Å². The summed E-state index contributed by atoms with van der Waals surface area (Å²) in [5.41, 5.74) is 0.751. The maximum atomic E-state index is 12.7. The van der Waals surface area contributed by atoms with Crippen LogP contribution >= 0.6 is 11.6 Å². The molecule has 0 bridgehead atoms. The molecule has 0 atom stereocenters. The van der Waals surface area contributed by atoms with Crippen LogP contribution in [0.25, 0.3) is 11.0 Å². The summed E-state index contributed by atoms with van der Waals surface area (Å²) < 4.78 is 11.5. The molecule has 1 aromatic heterocycles. The van der Waals surface area contributed by atoms with Crippen LogP contribution in [0.5, 0.6) is 0 Å². The van der Waals surface area contributed by atoms with Crippen molar-refractivity contribution in [1.29, 1.82) is 0 Å². The number of hydrogen-bond donors (Lipinski definition) is 1. The van der Waals surface area contributed by atoms with Gasteiger partial charge in [0, 0.05) is 49.7 Å². The molecule has 2 saturated carbocycles. The first-order valence-electron chi connectivity index (χ1n) is 14.9. The number of nitrogens with one attached hydrogen (secondary N) is 1. The first-order valence-corrected chi connectivity index (χ1v) is 15.3. The van der Waals surface area contributed by atoms with Crippen molar-refractivity contribution in [3.05, 3.63) is 23.2 Å². The Balaban J connectivity index is 0.956. The molecule has 1 amide bonds. The van der Waals surface area contributed by atoms with Gasteiger partial charge < -0.3 is 19.5 Å². The Hall–Kier alpha value is -1.83. The van der Waals surface area contributed by atoms with Crippen LogP contribution in [0.2, 0.25) is 5.02 Å². The summed E-state index contributed by atoms with van der Waals surface area (Å²) in [6, 6.07) is 6.10. The Morgan fingerprint density at radius 1 is 1.05 bits per heavy atom. The van der Waals surface area contributed by atoms with Crippen molar-refractivity contribution in [3.8, 4) is 0 Å². The molecule has 2 heterocycles. The second-order valence-electron chi connectivity index (χ2n) is 12.1. The van der Waals surface area contributed by atoms with Crippen molar-refractivity contribution < 1.29 is 14.1 Å². The Kier molecular flexibility index (Phi) is 9.50. The molecule has 1 aliphatic heterocycles. The molecule has 1 aromatic carbocycles. The summed E-state index contributed by atoms with van der Waals surface area (Å²) in [4.78, 5) is 17.6. The molecule has 3 fully saturated rings. The topological polar surface area (TPSA) is 70.8 Å². The molecule has 210 valence electrons. The average Bonchev–Trinajstić information content (AvgIpc) is 3.32. The number of fused-ring (bicyclic) bond motifs is 1. The third-order valence-electron chi connectivity index (χ3n) is 8.88. The highest BCUT2D eigenvalue weighted by Crippen LogP contribution is 2.32. The van der Waals surface area contributed by atoms with Crippen molar-refractivity contribution in [1.82, 2.24) is 15.4 Å². The van der Waals surface area contributed by atoms with E-state index in [9.17, 15) is 4.79 Å². The molecule has 38 heavy (non-hydrogen) atoms. The quantitative estimate of drug-likeness (QED) is 0.415. The van der Waals surface area contributed by atoms with Crippen molar-refractivity contribution >= 4 is 34.3 Å². The highest BCUT2D eigenvalue weighted by molar-refractivity contribution is 6.31. The van der Waals surface area contributed by atoms with Gasteiger partial charge in [0.1, 0.15) is 0 Å². The van der Waals surface area contributed by atoms with E-state index in [1.54, 1.807) is 0 Å². The van der Waals surface area contributed by atoms with Gasteiger partial charge in [-0.05, 0) is 102 Å². The van der Waals surface area contributed by atoms with Gasteiger partial charge >= 0.3 is 0 Å². The van der Waals surface area contributed by atoms with Gasteiger partial charge in [-0.25, -0.2) is 0 Å². The minimum Gasteiger partial charge on any atom is -0.376 e. The van der Waals surface area contributed by atoms with Gasteiger partial charge in [0.2, 0.25) is 5.91 Å². The lowest BCUT2D eigenvalue weighted by atomic mass is 9.83. The number of aromatic nitrogens is 1. The summed E-state index contributed by atoms with van der Waals surface area (Å²) in [6.07, 6.45) is 11.8. The lowest BCUT2D eigenvalue weighted by Gasteiger charge is -2.36. The zero-order valence-electron chi connectivity index (χ0n) is 23.2. The molecular weight excluding hydrogens is 500 g/mol. The van der Waals surface area contributed by atoms with Crippen LogP contribution < -0.4 is 10.2 Å². The standard InChI is InChI=1S/C30H45ClN4O3/c1-21(2)37-26-10-5-23(6-11-26)19-29(36)32-25-8-3-22(4-9-25)13-14-34-15-17-35(18-16-34)30-27-12-7-24(31)20-28(27)38-33-30/h7,12,20-23,25-26H,3-6,8-11,13-19H2,1-2H3,(H,32,36)/t22-,23?,25-,26?. The number of amides is 1. The Morgan fingerprint density at radius 2 is 1.76 bits per heavy atom. The molecule has 2 aliphatic carbocycles. The van der Waals surface area contributed by atoms with Crippen LogP contribution in [-0.2, 0) is 9.53 Å². The fourth-order valence-electron chi connectivity index (χ4n) is 6.68. The fourth-order valence-corrected chi connectivity index (χ4v) is 6.84. The number of hydrogen-bond acceptors (Lipinski definition) is 6. The number of anilines is 1. The van der Waals surface area contributed by atoms with Crippen molar-refractivity contribution in [2.24, 2.45) is 11.8 Å². The number of piperazine rings is 1. The van der Waals surface area contributed by atoms with Crippen molar-refractivity contribution in [3.63, 3.8) is 0 Å². The first kappa shape index (κ1) is 27.7. The molecule has 1 saturated heterocycles. The zero-order valence-corrected chi connectivity index (χ0v) is 23.9. The average molecular weight is 545 g/mol. The van der Waals surface area contributed by atoms with E-state index < -0.39 is 0 Å². The number of carbonyl (C=O) groups excluding carboxylic acids is 1. The van der Waals surface area contributed by atoms with Gasteiger partial charge in [0.25, 0.3) is 0 Å². The lowest BCUT2D eigenvalue weighted by Crippen LogP contribution is -2.47. The van der Waals surface area contributed by atoms with Crippen LogP contribution in [0.4, 0.5) is 5.82 Å². The van der Waals surface area contributed by atoms with Crippen molar-refractivity contribution in [2.45, 2.75) is 96.3 Å². The smallest absolute Gasteiger partial charge is 0.220 e. The highest BCUT2D eigenvalue weighted by Gasteiger charge is 2.27. The summed E-state index contributed by atoms with van der Waals surface area (Å²) in [6.45, 7) is 9.42. The number of benzene rings is 1. The van der Waals surface area contributed by atoms with E-state index in [0.29, 0.717) is 35.6 Å². The van der Waals surface area contributed by atoms with Crippen LogP contribution in [0.15, 0.2) is 22.7 Å². The summed E-state index contributed by atoms with van der Waals surface area (Å²) in [5, 5.41) is 9.39. The van der Waals surface area contributed by atoms with Crippen molar-refractivity contribution in [2.75, 3.05) is 37.6 Å². The Morgan fingerprint density at radius 3 is 2.47 bits per heavy atom. The van der Waals surface area contributed by atoms with Crippen LogP contribution in [-0.4, -0.2) is 66.9 Å². The minimum atomic E-state index is 0.266. The van der Waals surface area contributed by atoms with E-state index in [1.807, 2.05) is 18.2 Å². The van der Waals surface area contributed by atoms with Gasteiger partial charge in [0.15, 0.2) is 11.4 Å². The predicted octanol–water partition coefficient (Wildman–Crippen LogP) is 6.04. The third-order valence-corrected chi connectivity index (χ3v) is 9.12. The highest BCUT2D eigenvalue weighted by atomic mass is 35.5. The normalized spacial score (nSPS) is 27.2. The number of halogens is 1. The second kappa shape index (κ2) is 13.0. The SMILES string of the molecule is CC(C)OC1CCC(CC(=O)N[C@H]2CC[C@H](CCN3CCN(c4noc5cc(Cl)ccc45)CC3)CC2)CC1. The molecule has 0 radical (unpaired) electrons. The predicted molar refractivity (Wildman–Crippen MR) is 153 cm³/mol. The van der Waals surface area contributed by atoms with E-state index in [0.717, 1.165) is 94.0 Å². The summed E-state index contributed by atoms with van der Waals surface area (Å²) >= 11 is 6.08. The lowest BCUT2D eigenvalue weighted by molar-refractivity contribution is -0.123. The van der Waals surface area contributed by atoms with Gasteiger partial charge in [-0.1, -0.05) is 16.8 Å². The van der Waals surface area contributed by atoms with E-state index in [2.05, 4.69) is 34.1 Å². The molecule has 5 rings (SSSR count). The van der Waals surface area contributed by atoms with Crippen LogP contribution in [0, 0.1) is 11.8 Å². The summed E-state index contributed by atoms with van der Waals surface area (Å²) in [5.74, 6) is 2.51. The number of nitrogens with zero attached hydrogens (tertiary/aromatic N) is 3. The molecule has 7 nitrogen and oxygen atoms in total. The molecule has 1 N–H and O–H groups in total. The minimum absolute atomic E-state index is 0.266. The first-order chi connectivity index (χ1) is 18.4. The maximum Gasteiger partial charge on any atom is 0.220 e. The van der Waals surface area contributed by atoms with Gasteiger partial charge in [0.05, 0.1) is 17.6 Å². The number of rotatable bonds is 9. The third kappa shape index (κ3) is 7.42. The van der Waals surface area contributed by atoms with Crippen LogP contribution in [0.1, 0.15) is 78.1 Å².